The van der Waals surface area contributed by atoms with Crippen molar-refractivity contribution in [2.75, 3.05) is 60.1 Å². The Morgan fingerprint density at radius 3 is 1.21 bits per heavy atom. The molecule has 0 fully saturated rings. The quantitative estimate of drug-likeness (QED) is 0.0403. The fourth-order valence-electron chi connectivity index (χ4n) is 6.07. The van der Waals surface area contributed by atoms with Crippen LogP contribution in [0.3, 0.4) is 0 Å². The molecule has 5 rings (SSSR count). The first kappa shape index (κ1) is 49.8. The molecule has 0 saturated heterocycles. The van der Waals surface area contributed by atoms with Gasteiger partial charge in [-0.15, -0.1) is 23.5 Å². The number of hydrogen-bond donors (Lipinski definition) is 6. The van der Waals surface area contributed by atoms with Crippen molar-refractivity contribution in [3.05, 3.63) is 129 Å². The van der Waals surface area contributed by atoms with Crippen LogP contribution in [0.1, 0.15) is 63.7 Å². The SMILES string of the molecule is COc1cc(OC)c(C(=O)Nc2cc(C(F)(F)F)cc(NC(=O)c3cccc(C#N)c3)c2SCCN)cc1C(=O)Nc1cc(C(F)(F)F)cc(NC(=O)c2cccc(C#N)c2)c1SCCN. The fourth-order valence-corrected chi connectivity index (χ4v) is 7.78. The van der Waals surface area contributed by atoms with Crippen LogP contribution in [0.5, 0.6) is 11.5 Å². The first-order chi connectivity index (χ1) is 31.3. The summed E-state index contributed by atoms with van der Waals surface area (Å²) in [6, 6.07) is 19.1. The number of nitrogens with two attached hydrogens (primary N) is 2. The van der Waals surface area contributed by atoms with Gasteiger partial charge in [-0.3, -0.25) is 19.2 Å². The first-order valence-electron chi connectivity index (χ1n) is 19.0. The number of anilines is 4. The average molecular weight is 951 g/mol. The zero-order valence-corrected chi connectivity index (χ0v) is 36.1. The highest BCUT2D eigenvalue weighted by molar-refractivity contribution is 7.99. The van der Waals surface area contributed by atoms with E-state index in [1.54, 1.807) is 0 Å². The van der Waals surface area contributed by atoms with Gasteiger partial charge in [0.1, 0.15) is 11.5 Å². The van der Waals surface area contributed by atoms with Crippen molar-refractivity contribution in [2.45, 2.75) is 22.1 Å². The Bertz CT molecular complexity index is 2590. The predicted octanol–water partition coefficient (Wildman–Crippen LogP) is 8.60. The van der Waals surface area contributed by atoms with Crippen LogP contribution in [0, 0.1) is 22.7 Å². The number of benzene rings is 5. The van der Waals surface area contributed by atoms with E-state index in [0.717, 1.165) is 49.9 Å². The van der Waals surface area contributed by atoms with Gasteiger partial charge in [-0.1, -0.05) is 12.1 Å². The topological polar surface area (TPSA) is 234 Å². The Morgan fingerprint density at radius 2 is 0.909 bits per heavy atom. The Labute approximate surface area is 381 Å². The molecule has 4 amide bonds. The molecule has 0 bridgehead atoms. The summed E-state index contributed by atoms with van der Waals surface area (Å²) < 4.78 is 97.1. The third-order valence-corrected chi connectivity index (χ3v) is 11.4. The van der Waals surface area contributed by atoms with Gasteiger partial charge in [0.25, 0.3) is 23.6 Å². The molecule has 5 aromatic rings. The van der Waals surface area contributed by atoms with Crippen molar-refractivity contribution in [1.82, 2.24) is 0 Å². The summed E-state index contributed by atoms with van der Waals surface area (Å²) in [6.45, 7) is 0.0354. The summed E-state index contributed by atoms with van der Waals surface area (Å²) in [5.74, 6) is -4.35. The minimum atomic E-state index is -5.00. The van der Waals surface area contributed by atoms with Crippen LogP contribution in [-0.2, 0) is 12.4 Å². The van der Waals surface area contributed by atoms with Gasteiger partial charge in [0.15, 0.2) is 0 Å². The summed E-state index contributed by atoms with van der Waals surface area (Å²) in [6.07, 6.45) is -10.0. The van der Waals surface area contributed by atoms with Gasteiger partial charge in [0.05, 0.1) is 92.3 Å². The molecule has 0 aromatic heterocycles. The Kier molecular flexibility index (Phi) is 16.3. The molecule has 0 aliphatic rings. The maximum Gasteiger partial charge on any atom is 0.416 e. The van der Waals surface area contributed by atoms with Crippen molar-refractivity contribution in [1.29, 1.82) is 10.5 Å². The van der Waals surface area contributed by atoms with Crippen LogP contribution in [0.4, 0.5) is 49.1 Å². The van der Waals surface area contributed by atoms with E-state index in [9.17, 15) is 56.0 Å². The van der Waals surface area contributed by atoms with Gasteiger partial charge in [0.2, 0.25) is 0 Å². The van der Waals surface area contributed by atoms with Crippen LogP contribution in [0.2, 0.25) is 0 Å². The summed E-state index contributed by atoms with van der Waals surface area (Å²) >= 11 is 1.79. The van der Waals surface area contributed by atoms with Gasteiger partial charge in [0, 0.05) is 41.8 Å². The van der Waals surface area contributed by atoms with E-state index < -0.39 is 69.6 Å². The van der Waals surface area contributed by atoms with E-state index in [2.05, 4.69) is 21.3 Å². The van der Waals surface area contributed by atoms with Gasteiger partial charge in [-0.25, -0.2) is 0 Å². The predicted molar refractivity (Wildman–Crippen MR) is 236 cm³/mol. The smallest absolute Gasteiger partial charge is 0.416 e. The van der Waals surface area contributed by atoms with E-state index in [1.807, 2.05) is 12.1 Å². The highest BCUT2D eigenvalue weighted by Crippen LogP contribution is 2.44. The maximum atomic E-state index is 14.4. The van der Waals surface area contributed by atoms with Crippen LogP contribution < -0.4 is 42.2 Å². The molecule has 0 aliphatic carbocycles. The fraction of sp³-hybridized carbons (Fsp3) is 0.182. The van der Waals surface area contributed by atoms with Crippen LogP contribution in [0.25, 0.3) is 0 Å². The van der Waals surface area contributed by atoms with Crippen LogP contribution >= 0.6 is 23.5 Å². The molecule has 8 N–H and O–H groups in total. The minimum absolute atomic E-state index is 0.0177. The number of nitriles is 2. The van der Waals surface area contributed by atoms with E-state index >= 15 is 0 Å². The molecule has 14 nitrogen and oxygen atoms in total. The molecule has 5 aromatic carbocycles. The number of ether oxygens (including phenoxy) is 2. The highest BCUT2D eigenvalue weighted by Gasteiger charge is 2.35. The number of alkyl halides is 6. The number of methoxy groups -OCH3 is 2. The molecular formula is C44H36F6N8O6S2. The Hall–Kier alpha value is -7.24. The highest BCUT2D eigenvalue weighted by atomic mass is 32.2. The second-order valence-corrected chi connectivity index (χ2v) is 15.7. The van der Waals surface area contributed by atoms with Crippen molar-refractivity contribution in [2.24, 2.45) is 11.5 Å². The molecule has 0 radical (unpaired) electrons. The number of amides is 4. The van der Waals surface area contributed by atoms with Crippen molar-refractivity contribution < 1.29 is 55.0 Å². The normalized spacial score (nSPS) is 11.2. The molecule has 66 heavy (non-hydrogen) atoms. The summed E-state index contributed by atoms with van der Waals surface area (Å²) in [4.78, 5) is 54.9. The lowest BCUT2D eigenvalue weighted by Crippen LogP contribution is -2.20. The number of hydrogen-bond acceptors (Lipinski definition) is 12. The second kappa shape index (κ2) is 21.6. The number of carbonyl (C=O) groups is 4. The second-order valence-electron chi connectivity index (χ2n) is 13.5. The lowest BCUT2D eigenvalue weighted by Gasteiger charge is -2.21. The monoisotopic (exact) mass is 950 g/mol. The zero-order valence-electron chi connectivity index (χ0n) is 34.5. The van der Waals surface area contributed by atoms with Crippen LogP contribution in [0.15, 0.2) is 94.7 Å². The Morgan fingerprint density at radius 1 is 0.561 bits per heavy atom. The number of carbonyl (C=O) groups excluding carboxylic acids is 4. The van der Waals surface area contributed by atoms with Gasteiger partial charge in [-0.05, 0) is 66.7 Å². The average Bonchev–Trinajstić information content (AvgIpc) is 3.29. The van der Waals surface area contributed by atoms with Gasteiger partial charge < -0.3 is 42.2 Å². The van der Waals surface area contributed by atoms with Crippen molar-refractivity contribution >= 4 is 69.9 Å². The molecule has 0 spiro atoms. The van der Waals surface area contributed by atoms with Crippen molar-refractivity contribution in [3.63, 3.8) is 0 Å². The molecule has 0 aliphatic heterocycles. The first-order valence-corrected chi connectivity index (χ1v) is 21.0. The van der Waals surface area contributed by atoms with Crippen LogP contribution in [-0.4, -0.2) is 62.4 Å². The number of thioether (sulfide) groups is 2. The third kappa shape index (κ3) is 12.1. The molecule has 0 unspecified atom stereocenters. The minimum Gasteiger partial charge on any atom is -0.496 e. The number of nitrogens with one attached hydrogen (secondary N) is 4. The summed E-state index contributed by atoms with van der Waals surface area (Å²) in [7, 11) is 2.28. The molecule has 0 heterocycles. The lowest BCUT2D eigenvalue weighted by atomic mass is 10.1. The van der Waals surface area contributed by atoms with Crippen molar-refractivity contribution in [3.8, 4) is 23.6 Å². The van der Waals surface area contributed by atoms with E-state index in [-0.39, 0.29) is 79.5 Å². The van der Waals surface area contributed by atoms with Gasteiger partial charge >= 0.3 is 12.4 Å². The summed E-state index contributed by atoms with van der Waals surface area (Å²) in [5.41, 5.74) is 6.42. The number of halogens is 6. The number of nitrogens with zero attached hydrogens (tertiary/aromatic N) is 2. The molecule has 342 valence electrons. The number of rotatable bonds is 16. The molecular weight excluding hydrogens is 915 g/mol. The zero-order chi connectivity index (χ0) is 48.3. The standard InChI is InChI=1S/C44H36F6N8O6S2/c1-63-35-20-36(64-2)30(42(62)58-34-18-28(44(48,49)50)16-32(38(34)66-12-10-52)56-40(60)26-8-4-6-24(14-26)22-54)19-29(35)41(61)57-33-17-27(43(45,46)47)15-31(37(33)65-11-9-51)55-39(59)25-7-3-5-23(13-25)21-53/h3-8,13-20H,9-12,51-52H2,1-2H3,(H,55,59)(H,56,60)(H,57,61)(H,58,62). The molecule has 0 atom stereocenters. The summed E-state index contributed by atoms with van der Waals surface area (Å²) in [5, 5.41) is 28.2. The maximum absolute atomic E-state index is 14.4. The lowest BCUT2D eigenvalue weighted by molar-refractivity contribution is -0.138. The van der Waals surface area contributed by atoms with E-state index in [0.29, 0.717) is 24.3 Å². The Balaban J connectivity index is 1.59. The molecule has 0 saturated carbocycles. The largest absolute Gasteiger partial charge is 0.496 e. The third-order valence-electron chi connectivity index (χ3n) is 9.07. The van der Waals surface area contributed by atoms with E-state index in [4.69, 9.17) is 20.9 Å². The molecule has 22 heteroatoms. The van der Waals surface area contributed by atoms with E-state index in [1.165, 1.54) is 48.5 Å². The van der Waals surface area contributed by atoms with Gasteiger partial charge in [-0.2, -0.15) is 36.9 Å².